The molecule has 0 spiro atoms. The molecule has 3 heterocycles. The number of para-hydroxylation sites is 1. The van der Waals surface area contributed by atoms with Crippen LogP contribution in [0.5, 0.6) is 11.5 Å². The molecule has 10 heteroatoms. The van der Waals surface area contributed by atoms with Gasteiger partial charge in [-0.1, -0.05) is 24.3 Å². The molecule has 1 atom stereocenters. The van der Waals surface area contributed by atoms with Gasteiger partial charge in [0.15, 0.2) is 11.5 Å². The minimum absolute atomic E-state index is 0.0990. The number of amides is 4. The van der Waals surface area contributed by atoms with E-state index in [1.165, 1.54) is 0 Å². The molecule has 34 heavy (non-hydrogen) atoms. The van der Waals surface area contributed by atoms with Crippen molar-refractivity contribution >= 4 is 23.5 Å². The van der Waals surface area contributed by atoms with E-state index in [1.807, 2.05) is 37.3 Å². The van der Waals surface area contributed by atoms with Gasteiger partial charge < -0.3 is 20.1 Å². The normalized spacial score (nSPS) is 18.9. The smallest absolute Gasteiger partial charge is 0.325 e. The van der Waals surface area contributed by atoms with Crippen LogP contribution in [0.25, 0.3) is 5.69 Å². The van der Waals surface area contributed by atoms with Crippen molar-refractivity contribution in [3.63, 3.8) is 0 Å². The van der Waals surface area contributed by atoms with E-state index in [9.17, 15) is 14.4 Å². The summed E-state index contributed by atoms with van der Waals surface area (Å²) in [4.78, 5) is 39.6. The van der Waals surface area contributed by atoms with Gasteiger partial charge in [0.1, 0.15) is 12.1 Å². The lowest BCUT2D eigenvalue weighted by Crippen LogP contribution is -2.42. The Morgan fingerprint density at radius 2 is 1.85 bits per heavy atom. The molecule has 2 aliphatic rings. The molecule has 2 N–H and O–H groups in total. The molecule has 174 valence electrons. The van der Waals surface area contributed by atoms with Crippen LogP contribution in [0.4, 0.5) is 10.5 Å². The first-order chi connectivity index (χ1) is 16.3. The molecule has 4 amide bonds. The van der Waals surface area contributed by atoms with E-state index in [1.54, 1.807) is 36.7 Å². The van der Waals surface area contributed by atoms with Gasteiger partial charge in [0.05, 0.1) is 22.8 Å². The molecular weight excluding hydrogens is 438 g/mol. The van der Waals surface area contributed by atoms with E-state index < -0.39 is 29.9 Å². The second kappa shape index (κ2) is 7.91. The fraction of sp³-hybridized carbons (Fsp3) is 0.250. The van der Waals surface area contributed by atoms with Crippen molar-refractivity contribution in [3.05, 3.63) is 65.5 Å². The van der Waals surface area contributed by atoms with Gasteiger partial charge in [-0.25, -0.2) is 9.48 Å². The number of hydrogen-bond donors (Lipinski definition) is 2. The summed E-state index contributed by atoms with van der Waals surface area (Å²) in [7, 11) is 0. The molecule has 0 unspecified atom stereocenters. The van der Waals surface area contributed by atoms with Crippen LogP contribution >= 0.6 is 0 Å². The number of nitrogens with one attached hydrogen (secondary N) is 2. The summed E-state index contributed by atoms with van der Waals surface area (Å²) >= 11 is 0. The Balaban J connectivity index is 1.33. The van der Waals surface area contributed by atoms with Crippen molar-refractivity contribution < 1.29 is 23.9 Å². The number of benzene rings is 2. The Labute approximate surface area is 195 Å². The van der Waals surface area contributed by atoms with E-state index in [4.69, 9.17) is 9.47 Å². The quantitative estimate of drug-likeness (QED) is 0.565. The molecule has 0 bridgehead atoms. The highest BCUT2D eigenvalue weighted by Crippen LogP contribution is 2.37. The number of aryl methyl sites for hydroxylation is 1. The van der Waals surface area contributed by atoms with Gasteiger partial charge in [0.2, 0.25) is 12.7 Å². The van der Waals surface area contributed by atoms with E-state index in [0.717, 1.165) is 16.3 Å². The number of carbonyl (C=O) groups excluding carboxylic acids is 3. The Morgan fingerprint density at radius 1 is 1.12 bits per heavy atom. The Hall–Kier alpha value is -4.34. The fourth-order valence-corrected chi connectivity index (χ4v) is 4.21. The maximum absolute atomic E-state index is 13.2. The topological polar surface area (TPSA) is 115 Å². The van der Waals surface area contributed by atoms with Crippen molar-refractivity contribution in [2.24, 2.45) is 0 Å². The molecule has 5 rings (SSSR count). The second-order valence-corrected chi connectivity index (χ2v) is 8.36. The van der Waals surface area contributed by atoms with E-state index in [-0.39, 0.29) is 6.79 Å². The number of ether oxygens (including phenoxy) is 2. The van der Waals surface area contributed by atoms with Gasteiger partial charge in [-0.15, -0.1) is 0 Å². The summed E-state index contributed by atoms with van der Waals surface area (Å²) in [6.45, 7) is 4.89. The molecule has 1 fully saturated rings. The lowest BCUT2D eigenvalue weighted by Gasteiger charge is -2.22. The number of urea groups is 1. The van der Waals surface area contributed by atoms with Crippen molar-refractivity contribution in [1.82, 2.24) is 20.0 Å². The van der Waals surface area contributed by atoms with Crippen LogP contribution in [-0.4, -0.2) is 45.9 Å². The predicted octanol–water partition coefficient (Wildman–Crippen LogP) is 2.62. The summed E-state index contributed by atoms with van der Waals surface area (Å²) < 4.78 is 12.4. The zero-order valence-corrected chi connectivity index (χ0v) is 18.9. The summed E-state index contributed by atoms with van der Waals surface area (Å²) in [6.07, 6.45) is 0. The largest absolute Gasteiger partial charge is 0.454 e. The maximum atomic E-state index is 13.2. The fourth-order valence-electron chi connectivity index (χ4n) is 4.21. The van der Waals surface area contributed by atoms with Gasteiger partial charge in [-0.3, -0.25) is 14.5 Å². The molecule has 0 saturated carbocycles. The highest BCUT2D eigenvalue weighted by molar-refractivity contribution is 6.10. The number of hydrogen-bond acceptors (Lipinski definition) is 6. The number of aromatic nitrogens is 2. The monoisotopic (exact) mass is 461 g/mol. The molecule has 0 aliphatic carbocycles. The van der Waals surface area contributed by atoms with Crippen molar-refractivity contribution in [2.45, 2.75) is 26.3 Å². The molecule has 0 radical (unpaired) electrons. The Kier molecular flexibility index (Phi) is 5.00. The van der Waals surface area contributed by atoms with Crippen LogP contribution in [0.1, 0.15) is 23.9 Å². The van der Waals surface area contributed by atoms with Crippen LogP contribution in [-0.2, 0) is 15.1 Å². The molecule has 1 saturated heterocycles. The average Bonchev–Trinajstić information content (AvgIpc) is 3.47. The van der Waals surface area contributed by atoms with E-state index >= 15 is 0 Å². The third-order valence-corrected chi connectivity index (χ3v) is 6.08. The number of nitrogens with zero attached hydrogens (tertiary/aromatic N) is 3. The minimum Gasteiger partial charge on any atom is -0.454 e. The third-order valence-electron chi connectivity index (χ3n) is 6.08. The highest BCUT2D eigenvalue weighted by Gasteiger charge is 2.50. The van der Waals surface area contributed by atoms with Crippen molar-refractivity contribution in [3.8, 4) is 17.2 Å². The zero-order chi connectivity index (χ0) is 24.0. The second-order valence-electron chi connectivity index (χ2n) is 8.36. The molecule has 3 aromatic rings. The van der Waals surface area contributed by atoms with Crippen LogP contribution in [0.15, 0.2) is 48.5 Å². The van der Waals surface area contributed by atoms with Crippen LogP contribution in [0.3, 0.4) is 0 Å². The SMILES string of the molecule is Cc1nn(-c2ccccc2)c(C)c1NC(=O)CN1C(=O)N[C@](C)(c2ccc3c(c2)OCO3)C1=O. The van der Waals surface area contributed by atoms with Crippen molar-refractivity contribution in [2.75, 3.05) is 18.7 Å². The van der Waals surface area contributed by atoms with Crippen LogP contribution in [0.2, 0.25) is 0 Å². The molecule has 10 nitrogen and oxygen atoms in total. The van der Waals surface area contributed by atoms with Crippen LogP contribution < -0.4 is 20.1 Å². The standard InChI is InChI=1S/C24H23N5O5/c1-14-21(15(2)29(27-14)17-7-5-4-6-8-17)25-20(30)12-28-22(31)24(3,26-23(28)32)16-9-10-18-19(11-16)34-13-33-18/h4-11H,12-13H2,1-3H3,(H,25,30)(H,26,32)/t24-/m1/s1. The van der Waals surface area contributed by atoms with Gasteiger partial charge in [0, 0.05) is 0 Å². The van der Waals surface area contributed by atoms with Gasteiger partial charge >= 0.3 is 6.03 Å². The maximum Gasteiger partial charge on any atom is 0.325 e. The van der Waals surface area contributed by atoms with E-state index in [0.29, 0.717) is 28.4 Å². The Morgan fingerprint density at radius 3 is 2.62 bits per heavy atom. The summed E-state index contributed by atoms with van der Waals surface area (Å²) in [5.41, 5.74) is 1.96. The van der Waals surface area contributed by atoms with E-state index in [2.05, 4.69) is 15.7 Å². The lowest BCUT2D eigenvalue weighted by atomic mass is 9.91. The number of rotatable bonds is 5. The minimum atomic E-state index is -1.33. The summed E-state index contributed by atoms with van der Waals surface area (Å²) in [6, 6.07) is 13.9. The zero-order valence-electron chi connectivity index (χ0n) is 18.9. The first-order valence-corrected chi connectivity index (χ1v) is 10.7. The molecule has 2 aliphatic heterocycles. The summed E-state index contributed by atoms with van der Waals surface area (Å²) in [5.74, 6) is 0.0395. The first kappa shape index (κ1) is 21.5. The average molecular weight is 461 g/mol. The molecule has 1 aromatic heterocycles. The third kappa shape index (κ3) is 3.43. The molecular formula is C24H23N5O5. The van der Waals surface area contributed by atoms with Crippen molar-refractivity contribution in [1.29, 1.82) is 0 Å². The molecule has 2 aromatic carbocycles. The van der Waals surface area contributed by atoms with Gasteiger partial charge in [-0.2, -0.15) is 5.10 Å². The van der Waals surface area contributed by atoms with Gasteiger partial charge in [-0.05, 0) is 50.6 Å². The number of anilines is 1. The number of carbonyl (C=O) groups is 3. The predicted molar refractivity (Wildman–Crippen MR) is 122 cm³/mol. The summed E-state index contributed by atoms with van der Waals surface area (Å²) in [5, 5.41) is 10.0. The number of imide groups is 1. The highest BCUT2D eigenvalue weighted by atomic mass is 16.7. The Bertz CT molecular complexity index is 1320. The van der Waals surface area contributed by atoms with Crippen LogP contribution in [0, 0.1) is 13.8 Å². The number of fused-ring (bicyclic) bond motifs is 1. The van der Waals surface area contributed by atoms with Gasteiger partial charge in [0.25, 0.3) is 5.91 Å². The lowest BCUT2D eigenvalue weighted by molar-refractivity contribution is -0.133. The first-order valence-electron chi connectivity index (χ1n) is 10.7.